The van der Waals surface area contributed by atoms with Crippen molar-refractivity contribution in [3.05, 3.63) is 20.7 Å². The van der Waals surface area contributed by atoms with Crippen LogP contribution in [0.15, 0.2) is 12.1 Å². The van der Waals surface area contributed by atoms with E-state index in [-0.39, 0.29) is 0 Å². The fourth-order valence-corrected chi connectivity index (χ4v) is 2.03. The summed E-state index contributed by atoms with van der Waals surface area (Å²) in [4.78, 5) is 0. The number of aromatic nitrogens is 2. The van der Waals surface area contributed by atoms with Crippen LogP contribution in [0.25, 0.3) is 10.8 Å². The number of benzene rings is 1. The fourth-order valence-electron chi connectivity index (χ4n) is 1.40. The maximum Gasteiger partial charge on any atom is 0.241 e. The average Bonchev–Trinajstić information content (AvgIpc) is 2.29. The van der Waals surface area contributed by atoms with Crippen molar-refractivity contribution in [1.29, 1.82) is 0 Å². The maximum atomic E-state index is 6.06. The highest BCUT2D eigenvalue weighted by molar-refractivity contribution is 14.1. The molecular formula is C10H8ClIN2O2. The van der Waals surface area contributed by atoms with E-state index in [1.165, 1.54) is 0 Å². The number of rotatable bonds is 2. The van der Waals surface area contributed by atoms with Gasteiger partial charge in [0.05, 0.1) is 30.0 Å². The van der Waals surface area contributed by atoms with Crippen LogP contribution in [-0.2, 0) is 0 Å². The summed E-state index contributed by atoms with van der Waals surface area (Å²) in [7, 11) is 3.10. The standard InChI is InChI=1S/C10H8ClIN2O2/c1-15-9-5-3-7(11)8(12)4-6(5)10(16-2)14-13-9/h3-4H,1-2H3. The van der Waals surface area contributed by atoms with Gasteiger partial charge in [-0.25, -0.2) is 0 Å². The molecule has 2 aromatic rings. The van der Waals surface area contributed by atoms with Crippen molar-refractivity contribution in [2.75, 3.05) is 14.2 Å². The number of ether oxygens (including phenoxy) is 2. The van der Waals surface area contributed by atoms with Crippen molar-refractivity contribution in [2.45, 2.75) is 0 Å². The molecule has 0 atom stereocenters. The third-order valence-electron chi connectivity index (χ3n) is 2.14. The first-order chi connectivity index (χ1) is 7.67. The van der Waals surface area contributed by atoms with Gasteiger partial charge in [-0.1, -0.05) is 11.6 Å². The molecule has 0 aliphatic rings. The van der Waals surface area contributed by atoms with Gasteiger partial charge in [0.15, 0.2) is 0 Å². The van der Waals surface area contributed by atoms with E-state index < -0.39 is 0 Å². The number of nitrogens with zero attached hydrogens (tertiary/aromatic N) is 2. The van der Waals surface area contributed by atoms with Gasteiger partial charge in [-0.3, -0.25) is 0 Å². The van der Waals surface area contributed by atoms with Gasteiger partial charge in [0.25, 0.3) is 0 Å². The zero-order valence-corrected chi connectivity index (χ0v) is 11.5. The van der Waals surface area contributed by atoms with E-state index in [0.717, 1.165) is 14.3 Å². The summed E-state index contributed by atoms with van der Waals surface area (Å²) in [5, 5.41) is 10.1. The van der Waals surface area contributed by atoms with Crippen LogP contribution in [-0.4, -0.2) is 24.4 Å². The molecule has 0 aliphatic heterocycles. The number of methoxy groups -OCH3 is 2. The first-order valence-electron chi connectivity index (χ1n) is 4.40. The van der Waals surface area contributed by atoms with Crippen LogP contribution >= 0.6 is 34.2 Å². The minimum Gasteiger partial charge on any atom is -0.479 e. The zero-order chi connectivity index (χ0) is 11.7. The highest BCUT2D eigenvalue weighted by Gasteiger charge is 2.12. The lowest BCUT2D eigenvalue weighted by Gasteiger charge is -2.08. The summed E-state index contributed by atoms with van der Waals surface area (Å²) in [6.45, 7) is 0. The van der Waals surface area contributed by atoms with Crippen LogP contribution in [0.5, 0.6) is 11.8 Å². The van der Waals surface area contributed by atoms with Gasteiger partial charge < -0.3 is 9.47 Å². The van der Waals surface area contributed by atoms with E-state index in [4.69, 9.17) is 21.1 Å². The second kappa shape index (κ2) is 4.58. The van der Waals surface area contributed by atoms with Gasteiger partial charge in [0.1, 0.15) is 0 Å². The van der Waals surface area contributed by atoms with Crippen molar-refractivity contribution in [3.8, 4) is 11.8 Å². The average molecular weight is 351 g/mol. The van der Waals surface area contributed by atoms with E-state index >= 15 is 0 Å². The normalized spacial score (nSPS) is 10.5. The van der Waals surface area contributed by atoms with Crippen molar-refractivity contribution in [2.24, 2.45) is 0 Å². The highest BCUT2D eigenvalue weighted by Crippen LogP contribution is 2.33. The molecule has 4 nitrogen and oxygen atoms in total. The Morgan fingerprint density at radius 3 is 2.06 bits per heavy atom. The molecular weight excluding hydrogens is 342 g/mol. The second-order valence-electron chi connectivity index (χ2n) is 3.03. The Morgan fingerprint density at radius 2 is 1.56 bits per heavy atom. The SMILES string of the molecule is COc1nnc(OC)c2cc(I)c(Cl)cc12. The van der Waals surface area contributed by atoms with E-state index in [0.29, 0.717) is 16.8 Å². The molecule has 0 amide bonds. The summed E-state index contributed by atoms with van der Waals surface area (Å²) in [5.74, 6) is 0.902. The third-order valence-corrected chi connectivity index (χ3v) is 3.66. The largest absolute Gasteiger partial charge is 0.479 e. The van der Waals surface area contributed by atoms with Crippen LogP contribution in [0.2, 0.25) is 5.02 Å². The van der Waals surface area contributed by atoms with Gasteiger partial charge in [-0.05, 0) is 34.7 Å². The van der Waals surface area contributed by atoms with E-state index in [1.54, 1.807) is 20.3 Å². The summed E-state index contributed by atoms with van der Waals surface area (Å²) >= 11 is 8.21. The van der Waals surface area contributed by atoms with Gasteiger partial charge in [0.2, 0.25) is 11.8 Å². The van der Waals surface area contributed by atoms with Crippen molar-refractivity contribution in [3.63, 3.8) is 0 Å². The summed E-state index contributed by atoms with van der Waals surface area (Å²) in [5.41, 5.74) is 0. The lowest BCUT2D eigenvalue weighted by Crippen LogP contribution is -1.97. The third kappa shape index (κ3) is 1.89. The lowest BCUT2D eigenvalue weighted by molar-refractivity contribution is 0.376. The van der Waals surface area contributed by atoms with Crippen LogP contribution < -0.4 is 9.47 Å². The van der Waals surface area contributed by atoms with E-state index in [2.05, 4.69) is 32.8 Å². The predicted molar refractivity (Wildman–Crippen MR) is 70.4 cm³/mol. The molecule has 1 aromatic carbocycles. The van der Waals surface area contributed by atoms with Crippen molar-refractivity contribution >= 4 is 45.0 Å². The van der Waals surface area contributed by atoms with Gasteiger partial charge in [-0.2, -0.15) is 0 Å². The quantitative estimate of drug-likeness (QED) is 0.781. The zero-order valence-electron chi connectivity index (χ0n) is 8.62. The molecule has 16 heavy (non-hydrogen) atoms. The second-order valence-corrected chi connectivity index (χ2v) is 4.60. The fraction of sp³-hybridized carbons (Fsp3) is 0.200. The minimum absolute atomic E-state index is 0.439. The van der Waals surface area contributed by atoms with Crippen molar-refractivity contribution < 1.29 is 9.47 Å². The molecule has 0 bridgehead atoms. The van der Waals surface area contributed by atoms with Gasteiger partial charge in [0, 0.05) is 3.57 Å². The predicted octanol–water partition coefficient (Wildman–Crippen LogP) is 2.91. The maximum absolute atomic E-state index is 6.06. The molecule has 0 radical (unpaired) electrons. The van der Waals surface area contributed by atoms with E-state index in [1.807, 2.05) is 6.07 Å². The highest BCUT2D eigenvalue weighted by atomic mass is 127. The molecule has 0 spiro atoms. The monoisotopic (exact) mass is 350 g/mol. The molecule has 1 aromatic heterocycles. The molecule has 84 valence electrons. The smallest absolute Gasteiger partial charge is 0.241 e. The Labute approximate surface area is 111 Å². The Kier molecular flexibility index (Phi) is 3.34. The first-order valence-corrected chi connectivity index (χ1v) is 5.86. The number of hydrogen-bond donors (Lipinski definition) is 0. The molecule has 0 saturated carbocycles. The molecule has 6 heteroatoms. The van der Waals surface area contributed by atoms with Crippen LogP contribution in [0, 0.1) is 3.57 Å². The van der Waals surface area contributed by atoms with Gasteiger partial charge >= 0.3 is 0 Å². The molecule has 1 heterocycles. The Morgan fingerprint density at radius 1 is 1.06 bits per heavy atom. The summed E-state index contributed by atoms with van der Waals surface area (Å²) in [6.07, 6.45) is 0. The molecule has 0 fully saturated rings. The van der Waals surface area contributed by atoms with Crippen molar-refractivity contribution in [1.82, 2.24) is 10.2 Å². The number of hydrogen-bond acceptors (Lipinski definition) is 4. The molecule has 0 N–H and O–H groups in total. The molecule has 0 unspecified atom stereocenters. The molecule has 0 saturated heterocycles. The summed E-state index contributed by atoms with van der Waals surface area (Å²) < 4.78 is 11.2. The van der Waals surface area contributed by atoms with Gasteiger partial charge in [-0.15, -0.1) is 10.2 Å². The minimum atomic E-state index is 0.439. The number of halogens is 2. The first kappa shape index (κ1) is 11.7. The molecule has 2 rings (SSSR count). The Hall–Kier alpha value is -0.820. The van der Waals surface area contributed by atoms with Crippen LogP contribution in [0.1, 0.15) is 0 Å². The topological polar surface area (TPSA) is 44.2 Å². The van der Waals surface area contributed by atoms with Crippen LogP contribution in [0.3, 0.4) is 0 Å². The summed E-state index contributed by atoms with van der Waals surface area (Å²) in [6, 6.07) is 3.70. The number of fused-ring (bicyclic) bond motifs is 1. The van der Waals surface area contributed by atoms with E-state index in [9.17, 15) is 0 Å². The Balaban J connectivity index is 2.85. The Bertz CT molecular complexity index is 499. The lowest BCUT2D eigenvalue weighted by atomic mass is 10.2. The van der Waals surface area contributed by atoms with Crippen LogP contribution in [0.4, 0.5) is 0 Å². The molecule has 0 aliphatic carbocycles.